The van der Waals surface area contributed by atoms with E-state index in [-0.39, 0.29) is 0 Å². The maximum absolute atomic E-state index is 10.4. The molecule has 0 amide bonds. The van der Waals surface area contributed by atoms with Crippen molar-refractivity contribution in [2.75, 3.05) is 14.2 Å². The zero-order valence-electron chi connectivity index (χ0n) is 9.67. The highest BCUT2D eigenvalue weighted by molar-refractivity contribution is 6.32. The fourth-order valence-electron chi connectivity index (χ4n) is 1.69. The van der Waals surface area contributed by atoms with Gasteiger partial charge in [-0.15, -0.1) is 0 Å². The van der Waals surface area contributed by atoms with Crippen molar-refractivity contribution in [2.45, 2.75) is 19.8 Å². The molecule has 0 fully saturated rings. The van der Waals surface area contributed by atoms with Crippen molar-refractivity contribution in [1.82, 2.24) is 0 Å². The lowest BCUT2D eigenvalue weighted by atomic mass is 10.0. The molecule has 0 saturated carbocycles. The number of aldehydes is 1. The van der Waals surface area contributed by atoms with Gasteiger partial charge in [-0.05, 0) is 25.0 Å². The van der Waals surface area contributed by atoms with E-state index in [1.807, 2.05) is 13.0 Å². The summed E-state index contributed by atoms with van der Waals surface area (Å²) in [5.74, 6) is 1.14. The van der Waals surface area contributed by atoms with Crippen LogP contribution in [0.1, 0.15) is 17.5 Å². The van der Waals surface area contributed by atoms with E-state index in [9.17, 15) is 4.79 Å². The Hall–Kier alpha value is -1.22. The average Bonchev–Trinajstić information content (AvgIpc) is 2.27. The summed E-state index contributed by atoms with van der Waals surface area (Å²) in [6.07, 6.45) is 1.98. The van der Waals surface area contributed by atoms with Crippen LogP contribution in [-0.2, 0) is 11.2 Å². The fraction of sp³-hybridized carbons (Fsp3) is 0.417. The fourth-order valence-corrected chi connectivity index (χ4v) is 2.01. The molecule has 0 aromatic heterocycles. The monoisotopic (exact) mass is 242 g/mol. The second kappa shape index (κ2) is 5.75. The number of ether oxygens (including phenoxy) is 2. The van der Waals surface area contributed by atoms with Gasteiger partial charge in [-0.2, -0.15) is 0 Å². The summed E-state index contributed by atoms with van der Waals surface area (Å²) in [7, 11) is 3.11. The Kier molecular flexibility index (Phi) is 4.62. The Morgan fingerprint density at radius 3 is 2.44 bits per heavy atom. The zero-order chi connectivity index (χ0) is 12.1. The first-order chi connectivity index (χ1) is 7.65. The molecule has 88 valence electrons. The molecule has 0 bridgehead atoms. The maximum atomic E-state index is 10.4. The number of hydrogen-bond acceptors (Lipinski definition) is 3. The highest BCUT2D eigenvalue weighted by atomic mass is 35.5. The number of hydrogen-bond donors (Lipinski definition) is 0. The molecule has 0 spiro atoms. The predicted molar refractivity (Wildman–Crippen MR) is 63.7 cm³/mol. The summed E-state index contributed by atoms with van der Waals surface area (Å²) in [5.41, 5.74) is 1.97. The minimum Gasteiger partial charge on any atom is -0.493 e. The van der Waals surface area contributed by atoms with E-state index < -0.39 is 0 Å². The van der Waals surface area contributed by atoms with Crippen LogP contribution < -0.4 is 9.47 Å². The Bertz CT molecular complexity index is 388. The number of carbonyl (C=O) groups is 1. The summed E-state index contributed by atoms with van der Waals surface area (Å²) in [6, 6.07) is 1.82. The lowest BCUT2D eigenvalue weighted by Crippen LogP contribution is -2.00. The number of methoxy groups -OCH3 is 2. The van der Waals surface area contributed by atoms with Gasteiger partial charge in [0.25, 0.3) is 0 Å². The molecule has 0 aliphatic heterocycles. The lowest BCUT2D eigenvalue weighted by Gasteiger charge is -2.16. The smallest absolute Gasteiger partial charge is 0.179 e. The van der Waals surface area contributed by atoms with Crippen molar-refractivity contribution in [2.24, 2.45) is 0 Å². The highest BCUT2D eigenvalue weighted by Gasteiger charge is 2.16. The summed E-state index contributed by atoms with van der Waals surface area (Å²) in [6.45, 7) is 1.94. The van der Waals surface area contributed by atoms with E-state index in [1.165, 1.54) is 0 Å². The van der Waals surface area contributed by atoms with Gasteiger partial charge in [0.15, 0.2) is 11.5 Å². The van der Waals surface area contributed by atoms with Crippen LogP contribution in [0.25, 0.3) is 0 Å². The van der Waals surface area contributed by atoms with Crippen LogP contribution in [0.5, 0.6) is 11.5 Å². The molecule has 0 N–H and O–H groups in total. The molecule has 0 heterocycles. The molecular formula is C12H15ClO3. The van der Waals surface area contributed by atoms with Crippen LogP contribution >= 0.6 is 11.6 Å². The largest absolute Gasteiger partial charge is 0.493 e. The Morgan fingerprint density at radius 1 is 1.31 bits per heavy atom. The third kappa shape index (κ3) is 2.47. The van der Waals surface area contributed by atoms with Crippen LogP contribution in [0.3, 0.4) is 0 Å². The SMILES string of the molecule is COc1c(Cl)cc(C)c(CCC=O)c1OC. The van der Waals surface area contributed by atoms with E-state index in [4.69, 9.17) is 21.1 Å². The zero-order valence-corrected chi connectivity index (χ0v) is 10.4. The van der Waals surface area contributed by atoms with E-state index in [1.54, 1.807) is 14.2 Å². The minimum atomic E-state index is 0.460. The maximum Gasteiger partial charge on any atom is 0.179 e. The number of carbonyl (C=O) groups excluding carboxylic acids is 1. The van der Waals surface area contributed by atoms with Crippen molar-refractivity contribution in [3.05, 3.63) is 22.2 Å². The van der Waals surface area contributed by atoms with Crippen LogP contribution in [0.2, 0.25) is 5.02 Å². The second-order valence-electron chi connectivity index (χ2n) is 3.43. The van der Waals surface area contributed by atoms with Crippen molar-refractivity contribution >= 4 is 17.9 Å². The van der Waals surface area contributed by atoms with Crippen molar-refractivity contribution < 1.29 is 14.3 Å². The molecule has 1 aromatic carbocycles. The van der Waals surface area contributed by atoms with Gasteiger partial charge in [0.05, 0.1) is 19.2 Å². The van der Waals surface area contributed by atoms with Gasteiger partial charge in [-0.1, -0.05) is 11.6 Å². The molecule has 0 atom stereocenters. The summed E-state index contributed by atoms with van der Waals surface area (Å²) >= 11 is 6.05. The number of benzene rings is 1. The van der Waals surface area contributed by atoms with E-state index in [0.29, 0.717) is 29.4 Å². The van der Waals surface area contributed by atoms with Gasteiger partial charge >= 0.3 is 0 Å². The summed E-state index contributed by atoms with van der Waals surface area (Å²) in [4.78, 5) is 10.4. The van der Waals surface area contributed by atoms with Gasteiger partial charge in [-0.3, -0.25) is 0 Å². The molecule has 0 radical (unpaired) electrons. The standard InChI is InChI=1S/C12H15ClO3/c1-8-7-10(13)12(16-3)11(15-2)9(8)5-4-6-14/h6-7H,4-5H2,1-3H3. The second-order valence-corrected chi connectivity index (χ2v) is 3.83. The molecule has 4 heteroatoms. The normalized spacial score (nSPS) is 10.0. The first-order valence-electron chi connectivity index (χ1n) is 4.99. The van der Waals surface area contributed by atoms with Crippen LogP contribution in [0, 0.1) is 6.92 Å². The minimum absolute atomic E-state index is 0.460. The summed E-state index contributed by atoms with van der Waals surface area (Å²) < 4.78 is 10.5. The predicted octanol–water partition coefficient (Wildman–Crippen LogP) is 2.80. The average molecular weight is 243 g/mol. The molecule has 3 nitrogen and oxygen atoms in total. The Balaban J connectivity index is 3.27. The van der Waals surface area contributed by atoms with Crippen molar-refractivity contribution in [3.8, 4) is 11.5 Å². The Labute approximate surface area is 100 Å². The number of rotatable bonds is 5. The number of aryl methyl sites for hydroxylation is 1. The van der Waals surface area contributed by atoms with Crippen molar-refractivity contribution in [3.63, 3.8) is 0 Å². The topological polar surface area (TPSA) is 35.5 Å². The van der Waals surface area contributed by atoms with Crippen LogP contribution in [0.4, 0.5) is 0 Å². The lowest BCUT2D eigenvalue weighted by molar-refractivity contribution is -0.107. The molecule has 16 heavy (non-hydrogen) atoms. The molecule has 1 aromatic rings. The Morgan fingerprint density at radius 2 is 1.94 bits per heavy atom. The molecular weight excluding hydrogens is 228 g/mol. The van der Waals surface area contributed by atoms with Crippen LogP contribution in [0.15, 0.2) is 6.07 Å². The van der Waals surface area contributed by atoms with E-state index in [0.717, 1.165) is 17.4 Å². The van der Waals surface area contributed by atoms with Gasteiger partial charge in [0, 0.05) is 12.0 Å². The molecule has 1 rings (SSSR count). The third-order valence-corrected chi connectivity index (χ3v) is 2.72. The molecule has 0 aliphatic carbocycles. The van der Waals surface area contributed by atoms with Gasteiger partial charge in [0.2, 0.25) is 0 Å². The third-order valence-electron chi connectivity index (χ3n) is 2.44. The summed E-state index contributed by atoms with van der Waals surface area (Å²) in [5, 5.41) is 0.520. The molecule has 0 unspecified atom stereocenters. The molecule has 0 aliphatic rings. The van der Waals surface area contributed by atoms with E-state index >= 15 is 0 Å². The number of halogens is 1. The van der Waals surface area contributed by atoms with Gasteiger partial charge in [-0.25, -0.2) is 0 Å². The quantitative estimate of drug-likeness (QED) is 0.745. The highest BCUT2D eigenvalue weighted by Crippen LogP contribution is 2.40. The first kappa shape index (κ1) is 12.8. The van der Waals surface area contributed by atoms with Gasteiger partial charge < -0.3 is 14.3 Å². The van der Waals surface area contributed by atoms with Crippen molar-refractivity contribution in [1.29, 1.82) is 0 Å². The van der Waals surface area contributed by atoms with E-state index in [2.05, 4.69) is 0 Å². The van der Waals surface area contributed by atoms with Gasteiger partial charge in [0.1, 0.15) is 6.29 Å². The first-order valence-corrected chi connectivity index (χ1v) is 5.37. The van der Waals surface area contributed by atoms with Crippen LogP contribution in [-0.4, -0.2) is 20.5 Å². The molecule has 0 saturated heterocycles.